The van der Waals surface area contributed by atoms with Crippen molar-refractivity contribution in [2.24, 2.45) is 5.92 Å². The molecule has 1 aliphatic heterocycles. The fraction of sp³-hybridized carbons (Fsp3) is 0.240. The second kappa shape index (κ2) is 11.4. The number of aryl methyl sites for hydroxylation is 1. The van der Waals surface area contributed by atoms with E-state index in [1.807, 2.05) is 25.1 Å². The average Bonchev–Trinajstić information content (AvgIpc) is 2.86. The summed E-state index contributed by atoms with van der Waals surface area (Å²) in [4.78, 5) is 49.6. The van der Waals surface area contributed by atoms with Crippen molar-refractivity contribution in [1.29, 1.82) is 5.26 Å². The third kappa shape index (κ3) is 5.88. The van der Waals surface area contributed by atoms with E-state index in [4.69, 9.17) is 9.47 Å². The van der Waals surface area contributed by atoms with Crippen LogP contribution < -0.4 is 10.6 Å². The fourth-order valence-corrected chi connectivity index (χ4v) is 4.53. The Bertz CT molecular complexity index is 1230. The molecule has 2 N–H and O–H groups in total. The third-order valence-corrected chi connectivity index (χ3v) is 6.34. The molecule has 2 aromatic rings. The molecule has 0 aliphatic carbocycles. The number of carbonyl (C=O) groups is 4. The summed E-state index contributed by atoms with van der Waals surface area (Å²) in [7, 11) is 2.41. The molecule has 2 atom stereocenters. The molecule has 0 saturated carbocycles. The highest BCUT2D eigenvalue weighted by Crippen LogP contribution is 2.40. The van der Waals surface area contributed by atoms with Crippen LogP contribution in [0, 0.1) is 24.2 Å². The summed E-state index contributed by atoms with van der Waals surface area (Å²) in [6, 6.07) is 15.4. The minimum Gasteiger partial charge on any atom is -0.468 e. The van der Waals surface area contributed by atoms with E-state index in [0.717, 1.165) is 24.4 Å². The van der Waals surface area contributed by atoms with Crippen LogP contribution in [0.3, 0.4) is 0 Å². The van der Waals surface area contributed by atoms with Gasteiger partial charge in [0.05, 0.1) is 42.2 Å². The lowest BCUT2D eigenvalue weighted by molar-refractivity contribution is -0.150. The number of amides is 2. The van der Waals surface area contributed by atoms with Crippen LogP contribution >= 0.6 is 11.8 Å². The monoisotopic (exact) mass is 493 g/mol. The highest BCUT2D eigenvalue weighted by Gasteiger charge is 2.44. The van der Waals surface area contributed by atoms with Gasteiger partial charge in [0.25, 0.3) is 0 Å². The Balaban J connectivity index is 1.91. The van der Waals surface area contributed by atoms with Crippen LogP contribution in [0.15, 0.2) is 59.1 Å². The number of ether oxygens (including phenoxy) is 2. The van der Waals surface area contributed by atoms with E-state index in [1.165, 1.54) is 19.2 Å². The Labute approximate surface area is 206 Å². The maximum atomic E-state index is 12.9. The lowest BCUT2D eigenvalue weighted by atomic mass is 9.78. The second-order valence-electron chi connectivity index (χ2n) is 7.64. The molecule has 35 heavy (non-hydrogen) atoms. The molecule has 10 heteroatoms. The predicted octanol–water partition coefficient (Wildman–Crippen LogP) is 2.89. The fourth-order valence-electron chi connectivity index (χ4n) is 3.68. The predicted molar refractivity (Wildman–Crippen MR) is 129 cm³/mol. The Morgan fingerprint density at radius 1 is 1.11 bits per heavy atom. The molecule has 0 bridgehead atoms. The molecule has 1 heterocycles. The van der Waals surface area contributed by atoms with E-state index in [2.05, 4.69) is 16.7 Å². The smallest absolute Gasteiger partial charge is 0.337 e. The SMILES string of the molecule is COC(=O)c1ccc([C@H]2C(C#N)=C(SCC(=O)Nc3cccc(C)c3)NC(=O)[C@H]2C(=O)OC)cc1. The summed E-state index contributed by atoms with van der Waals surface area (Å²) >= 11 is 0.984. The molecule has 2 aromatic carbocycles. The Morgan fingerprint density at radius 3 is 2.43 bits per heavy atom. The van der Waals surface area contributed by atoms with E-state index in [-0.39, 0.29) is 27.8 Å². The molecule has 2 amide bonds. The first-order valence-electron chi connectivity index (χ1n) is 10.5. The molecule has 0 fully saturated rings. The molecule has 0 aromatic heterocycles. The molecule has 1 aliphatic rings. The summed E-state index contributed by atoms with van der Waals surface area (Å²) in [5.41, 5.74) is 2.46. The normalized spacial score (nSPS) is 17.1. The number of hydrogen-bond donors (Lipinski definition) is 2. The van der Waals surface area contributed by atoms with Crippen LogP contribution in [0.1, 0.15) is 27.4 Å². The number of hydrogen-bond acceptors (Lipinski definition) is 8. The van der Waals surface area contributed by atoms with Crippen LogP contribution in [-0.2, 0) is 23.9 Å². The van der Waals surface area contributed by atoms with E-state index in [1.54, 1.807) is 18.2 Å². The molecule has 0 saturated heterocycles. The zero-order valence-corrected chi connectivity index (χ0v) is 20.1. The van der Waals surface area contributed by atoms with Crippen molar-refractivity contribution in [2.45, 2.75) is 12.8 Å². The summed E-state index contributed by atoms with van der Waals surface area (Å²) < 4.78 is 9.51. The molecular weight excluding hydrogens is 470 g/mol. The van der Waals surface area contributed by atoms with Gasteiger partial charge in [-0.15, -0.1) is 0 Å². The summed E-state index contributed by atoms with van der Waals surface area (Å²) in [5.74, 6) is -4.69. The summed E-state index contributed by atoms with van der Waals surface area (Å²) in [6.07, 6.45) is 0. The van der Waals surface area contributed by atoms with E-state index in [9.17, 15) is 24.4 Å². The number of nitriles is 1. The van der Waals surface area contributed by atoms with Gasteiger partial charge in [-0.05, 0) is 42.3 Å². The van der Waals surface area contributed by atoms with Crippen molar-refractivity contribution in [3.8, 4) is 6.07 Å². The van der Waals surface area contributed by atoms with Crippen molar-refractivity contribution in [3.05, 3.63) is 75.8 Å². The second-order valence-corrected chi connectivity index (χ2v) is 8.63. The minimum absolute atomic E-state index is 0.0778. The molecule has 9 nitrogen and oxygen atoms in total. The van der Waals surface area contributed by atoms with Crippen LogP contribution in [0.5, 0.6) is 0 Å². The van der Waals surface area contributed by atoms with Gasteiger partial charge in [-0.1, -0.05) is 36.0 Å². The molecule has 3 rings (SSSR count). The van der Waals surface area contributed by atoms with Crippen LogP contribution in [0.25, 0.3) is 0 Å². The number of esters is 2. The lowest BCUT2D eigenvalue weighted by Crippen LogP contribution is -2.44. The molecule has 0 radical (unpaired) electrons. The Morgan fingerprint density at radius 2 is 1.83 bits per heavy atom. The standard InChI is InChI=1S/C25H23N3O6S/c1-14-5-4-6-17(11-14)27-19(29)13-35-23-18(12-26)20(21(22(30)28-23)25(32)34-3)15-7-9-16(10-8-15)24(31)33-2/h4-11,20-21H,13H2,1-3H3,(H,27,29)(H,28,30)/t20-,21-/m0/s1. The largest absolute Gasteiger partial charge is 0.468 e. The molecule has 0 spiro atoms. The maximum absolute atomic E-state index is 12.9. The van der Waals surface area contributed by atoms with Gasteiger partial charge in [0, 0.05) is 11.6 Å². The molecule has 0 unspecified atom stereocenters. The van der Waals surface area contributed by atoms with Gasteiger partial charge < -0.3 is 20.1 Å². The van der Waals surface area contributed by atoms with Gasteiger partial charge >= 0.3 is 11.9 Å². The third-order valence-electron chi connectivity index (χ3n) is 5.32. The van der Waals surface area contributed by atoms with Crippen LogP contribution in [-0.4, -0.2) is 43.7 Å². The Hall–Kier alpha value is -4.10. The summed E-state index contributed by atoms with van der Waals surface area (Å²) in [6.45, 7) is 1.90. The number of methoxy groups -OCH3 is 2. The van der Waals surface area contributed by atoms with Crippen LogP contribution in [0.4, 0.5) is 5.69 Å². The van der Waals surface area contributed by atoms with Gasteiger partial charge in [-0.2, -0.15) is 5.26 Å². The number of thioether (sulfide) groups is 1. The van der Waals surface area contributed by atoms with E-state index < -0.39 is 29.7 Å². The van der Waals surface area contributed by atoms with Gasteiger partial charge in [-0.25, -0.2) is 4.79 Å². The maximum Gasteiger partial charge on any atom is 0.337 e. The van der Waals surface area contributed by atoms with Gasteiger partial charge in [0.15, 0.2) is 0 Å². The van der Waals surface area contributed by atoms with Crippen LogP contribution in [0.2, 0.25) is 0 Å². The molecular formula is C25H23N3O6S. The minimum atomic E-state index is -1.32. The first-order chi connectivity index (χ1) is 16.8. The first-order valence-corrected chi connectivity index (χ1v) is 11.5. The van der Waals surface area contributed by atoms with E-state index in [0.29, 0.717) is 11.3 Å². The number of rotatable bonds is 7. The Kier molecular flexibility index (Phi) is 8.28. The topological polar surface area (TPSA) is 135 Å². The van der Waals surface area contributed by atoms with Crippen molar-refractivity contribution in [2.75, 3.05) is 25.3 Å². The lowest BCUT2D eigenvalue weighted by Gasteiger charge is -2.31. The first kappa shape index (κ1) is 25.5. The van der Waals surface area contributed by atoms with Crippen molar-refractivity contribution >= 4 is 41.2 Å². The number of allylic oxidation sites excluding steroid dienone is 1. The highest BCUT2D eigenvalue weighted by molar-refractivity contribution is 8.03. The van der Waals surface area contributed by atoms with Gasteiger partial charge in [-0.3, -0.25) is 14.4 Å². The number of nitrogens with one attached hydrogen (secondary N) is 2. The number of benzene rings is 2. The number of nitrogens with zero attached hydrogens (tertiary/aromatic N) is 1. The van der Waals surface area contributed by atoms with Crippen molar-refractivity contribution in [3.63, 3.8) is 0 Å². The highest BCUT2D eigenvalue weighted by atomic mass is 32.2. The summed E-state index contributed by atoms with van der Waals surface area (Å²) in [5, 5.41) is 15.5. The zero-order chi connectivity index (χ0) is 25.5. The van der Waals surface area contributed by atoms with E-state index >= 15 is 0 Å². The number of carbonyl (C=O) groups excluding carboxylic acids is 4. The average molecular weight is 494 g/mol. The molecule has 180 valence electrons. The quantitative estimate of drug-likeness (QED) is 0.444. The van der Waals surface area contributed by atoms with Crippen molar-refractivity contribution < 1.29 is 28.7 Å². The number of anilines is 1. The van der Waals surface area contributed by atoms with Crippen molar-refractivity contribution in [1.82, 2.24) is 5.32 Å². The van der Waals surface area contributed by atoms with Gasteiger partial charge in [0.2, 0.25) is 11.8 Å². The van der Waals surface area contributed by atoms with Gasteiger partial charge in [0.1, 0.15) is 5.92 Å². The zero-order valence-electron chi connectivity index (χ0n) is 19.3.